The van der Waals surface area contributed by atoms with Gasteiger partial charge < -0.3 is 74.1 Å². The highest BCUT2D eigenvalue weighted by atomic mass is 16.7. The van der Waals surface area contributed by atoms with Gasteiger partial charge in [0, 0.05) is 23.8 Å². The first-order valence-corrected chi connectivity index (χ1v) is 16.6. The fourth-order valence-electron chi connectivity index (χ4n) is 6.27. The predicted molar refractivity (Wildman–Crippen MR) is 184 cm³/mol. The van der Waals surface area contributed by atoms with Crippen LogP contribution in [0.25, 0.3) is 28.4 Å². The Kier molecular flexibility index (Phi) is 11.5. The summed E-state index contributed by atoms with van der Waals surface area (Å²) in [5, 5.41) is 94.7. The molecule has 0 bridgehead atoms. The summed E-state index contributed by atoms with van der Waals surface area (Å²) in [6, 6.07) is 14.1. The number of fused-ring (bicyclic) bond motifs is 1. The third-order valence-electron chi connectivity index (χ3n) is 9.17. The number of benzene rings is 3. The summed E-state index contributed by atoms with van der Waals surface area (Å²) in [5.74, 6) is -1.66. The van der Waals surface area contributed by atoms with Crippen LogP contribution in [0.3, 0.4) is 0 Å². The van der Waals surface area contributed by atoms with Gasteiger partial charge in [-0.25, -0.2) is 4.79 Å². The van der Waals surface area contributed by atoms with Crippen LogP contribution in [0.1, 0.15) is 17.2 Å². The van der Waals surface area contributed by atoms with Crippen LogP contribution in [-0.4, -0.2) is 127 Å². The summed E-state index contributed by atoms with van der Waals surface area (Å²) < 4.78 is 34.1. The van der Waals surface area contributed by atoms with Gasteiger partial charge in [-0.3, -0.25) is 4.79 Å². The standard InChI is InChI=1S/C37H38O17/c1-49-22-13-23-27(20(41)12-21(51-23)17-5-9-19(40)10-6-17)31(45)28(22)35-36(33(47)29(43)24(14-38)52-35)54-37-34(48)32(46)30(44)25(53-37)15-50-26(42)11-4-16-2-7-18(39)8-3-16/h2-13,24-25,29-30,32-40,43-48H,14-15H2,1H3/t24-,25-,29-,30-,32-,33-,34-,35+,36-,37-/m0/s1. The minimum Gasteiger partial charge on any atom is -0.508 e. The van der Waals surface area contributed by atoms with Gasteiger partial charge in [0.1, 0.15) is 101 Å². The minimum atomic E-state index is -1.99. The lowest BCUT2D eigenvalue weighted by atomic mass is 9.89. The predicted octanol–water partition coefficient (Wildman–Crippen LogP) is 0.189. The van der Waals surface area contributed by atoms with E-state index < -0.39 is 91.6 Å². The number of esters is 1. The highest BCUT2D eigenvalue weighted by Crippen LogP contribution is 2.46. The van der Waals surface area contributed by atoms with E-state index in [9.17, 15) is 55.5 Å². The molecule has 0 saturated carbocycles. The van der Waals surface area contributed by atoms with Crippen molar-refractivity contribution in [3.05, 3.63) is 88.1 Å². The number of ether oxygens (including phenoxy) is 5. The van der Waals surface area contributed by atoms with Gasteiger partial charge in [-0.05, 0) is 48.0 Å². The number of hydrogen-bond acceptors (Lipinski definition) is 17. The van der Waals surface area contributed by atoms with Gasteiger partial charge in [-0.1, -0.05) is 12.1 Å². The molecular formula is C37H38O17. The van der Waals surface area contributed by atoms with Gasteiger partial charge in [-0.2, -0.15) is 0 Å². The lowest BCUT2D eigenvalue weighted by Gasteiger charge is -2.46. The molecule has 0 radical (unpaired) electrons. The van der Waals surface area contributed by atoms with E-state index in [2.05, 4.69) is 0 Å². The first-order valence-electron chi connectivity index (χ1n) is 16.6. The number of hydrogen-bond donors (Lipinski definition) is 9. The molecule has 10 atom stereocenters. The van der Waals surface area contributed by atoms with Crippen molar-refractivity contribution in [2.24, 2.45) is 0 Å². The number of phenolic OH excluding ortho intramolecular Hbond substituents is 3. The summed E-state index contributed by atoms with van der Waals surface area (Å²) in [6.45, 7) is -1.47. The Morgan fingerprint density at radius 1 is 0.815 bits per heavy atom. The first kappa shape index (κ1) is 38.6. The average molecular weight is 755 g/mol. The van der Waals surface area contributed by atoms with E-state index in [0.717, 1.165) is 12.1 Å². The van der Waals surface area contributed by atoms with E-state index in [1.165, 1.54) is 55.7 Å². The molecule has 2 aliphatic heterocycles. The zero-order valence-corrected chi connectivity index (χ0v) is 28.4. The van der Waals surface area contributed by atoms with Crippen LogP contribution < -0.4 is 10.2 Å². The lowest BCUT2D eigenvalue weighted by molar-refractivity contribution is -0.342. The van der Waals surface area contributed by atoms with Crippen LogP contribution in [-0.2, 0) is 23.7 Å². The van der Waals surface area contributed by atoms with Crippen molar-refractivity contribution in [1.82, 2.24) is 0 Å². The van der Waals surface area contributed by atoms with Gasteiger partial charge in [0.15, 0.2) is 11.7 Å². The summed E-state index contributed by atoms with van der Waals surface area (Å²) in [4.78, 5) is 25.9. The maximum atomic E-state index is 13.4. The Hall–Kier alpha value is -5.08. The molecule has 288 valence electrons. The van der Waals surface area contributed by atoms with Gasteiger partial charge in [0.05, 0.1) is 19.3 Å². The molecule has 17 nitrogen and oxygen atoms in total. The van der Waals surface area contributed by atoms with Crippen molar-refractivity contribution in [3.63, 3.8) is 0 Å². The number of aliphatic hydroxyl groups is 6. The number of carbonyl (C=O) groups excluding carboxylic acids is 1. The Bertz CT molecular complexity index is 2030. The number of methoxy groups -OCH3 is 1. The van der Waals surface area contributed by atoms with Crippen molar-refractivity contribution >= 4 is 23.0 Å². The number of carbonyl (C=O) groups is 1. The average Bonchev–Trinajstić information content (AvgIpc) is 3.16. The van der Waals surface area contributed by atoms with E-state index in [1.807, 2.05) is 0 Å². The van der Waals surface area contributed by atoms with Crippen molar-refractivity contribution in [2.75, 3.05) is 20.3 Å². The molecule has 4 aromatic rings. The topological polar surface area (TPSA) is 275 Å². The van der Waals surface area contributed by atoms with Crippen molar-refractivity contribution in [1.29, 1.82) is 0 Å². The zero-order chi connectivity index (χ0) is 38.8. The second kappa shape index (κ2) is 16.1. The van der Waals surface area contributed by atoms with Crippen molar-refractivity contribution in [2.45, 2.75) is 61.2 Å². The van der Waals surface area contributed by atoms with E-state index in [0.29, 0.717) is 11.1 Å². The second-order valence-corrected chi connectivity index (χ2v) is 12.7. The molecule has 6 rings (SSSR count). The Balaban J connectivity index is 1.29. The maximum absolute atomic E-state index is 13.4. The summed E-state index contributed by atoms with van der Waals surface area (Å²) in [5.41, 5.74) is -0.145. The number of aromatic hydroxyl groups is 3. The third-order valence-corrected chi connectivity index (χ3v) is 9.17. The quantitative estimate of drug-likeness (QED) is 0.0772. The fourth-order valence-corrected chi connectivity index (χ4v) is 6.27. The Labute approximate surface area is 305 Å². The molecule has 0 unspecified atom stereocenters. The SMILES string of the molecule is COc1cc2oc(-c3ccc(O)cc3)cc(=O)c2c(O)c1[C@H]1O[C@@H](CO)[C@H](O)[C@H](O)[C@@H]1O[C@@H]1O[C@@H](COC(=O)C=Cc2ccc(O)cc2)[C@H](O)[C@H](O)[C@@H]1O. The van der Waals surface area contributed by atoms with Crippen LogP contribution in [0.5, 0.6) is 23.0 Å². The van der Waals surface area contributed by atoms with Gasteiger partial charge in [0.2, 0.25) is 0 Å². The highest BCUT2D eigenvalue weighted by molar-refractivity contribution is 5.88. The van der Waals surface area contributed by atoms with Crippen LogP contribution in [0.15, 0.2) is 76.0 Å². The summed E-state index contributed by atoms with van der Waals surface area (Å²) >= 11 is 0. The maximum Gasteiger partial charge on any atom is 0.330 e. The molecule has 2 saturated heterocycles. The van der Waals surface area contributed by atoms with Gasteiger partial charge >= 0.3 is 5.97 Å². The number of phenols is 3. The van der Waals surface area contributed by atoms with Gasteiger partial charge in [0.25, 0.3) is 0 Å². The Morgan fingerprint density at radius 2 is 1.46 bits per heavy atom. The summed E-state index contributed by atoms with van der Waals surface area (Å²) in [7, 11) is 1.22. The second-order valence-electron chi connectivity index (χ2n) is 12.7. The molecule has 1 aromatic heterocycles. The third kappa shape index (κ3) is 7.76. The molecule has 17 heteroatoms. The smallest absolute Gasteiger partial charge is 0.330 e. The zero-order valence-electron chi connectivity index (χ0n) is 28.4. The number of rotatable bonds is 10. The largest absolute Gasteiger partial charge is 0.508 e. The molecule has 0 aliphatic carbocycles. The van der Waals surface area contributed by atoms with Crippen molar-refractivity contribution in [3.8, 4) is 34.3 Å². The Morgan fingerprint density at radius 3 is 2.11 bits per heavy atom. The molecule has 3 aromatic carbocycles. The van der Waals surface area contributed by atoms with Crippen LogP contribution in [0, 0.1) is 0 Å². The minimum absolute atomic E-state index is 0.0185. The van der Waals surface area contributed by atoms with E-state index in [1.54, 1.807) is 12.1 Å². The highest BCUT2D eigenvalue weighted by Gasteiger charge is 2.52. The van der Waals surface area contributed by atoms with Gasteiger partial charge in [-0.15, -0.1) is 0 Å². The van der Waals surface area contributed by atoms with E-state index >= 15 is 0 Å². The molecule has 54 heavy (non-hydrogen) atoms. The monoisotopic (exact) mass is 754 g/mol. The normalized spacial score (nSPS) is 28.6. The molecule has 2 aliphatic rings. The van der Waals surface area contributed by atoms with E-state index in [4.69, 9.17) is 28.1 Å². The van der Waals surface area contributed by atoms with Crippen LogP contribution in [0.4, 0.5) is 0 Å². The molecule has 0 spiro atoms. The molecular weight excluding hydrogens is 716 g/mol. The molecule has 2 fully saturated rings. The van der Waals surface area contributed by atoms with E-state index in [-0.39, 0.29) is 39.5 Å². The summed E-state index contributed by atoms with van der Waals surface area (Å²) in [6.07, 6.45) is -15.3. The van der Waals surface area contributed by atoms with Crippen LogP contribution >= 0.6 is 0 Å². The first-order chi connectivity index (χ1) is 25.8. The molecule has 9 N–H and O–H groups in total. The number of aliphatic hydroxyl groups excluding tert-OH is 6. The fraction of sp³-hybridized carbons (Fsp3) is 0.351. The molecule has 0 amide bonds. The lowest BCUT2D eigenvalue weighted by Crippen LogP contribution is -2.63. The molecule has 3 heterocycles. The van der Waals surface area contributed by atoms with Crippen LogP contribution in [0.2, 0.25) is 0 Å². The van der Waals surface area contributed by atoms with Crippen molar-refractivity contribution < 1.29 is 78.9 Å².